The summed E-state index contributed by atoms with van der Waals surface area (Å²) in [6.45, 7) is 0. The Morgan fingerprint density at radius 2 is 2.00 bits per heavy atom. The second-order valence-electron chi connectivity index (χ2n) is 2.97. The number of carbonyl (C=O) groups is 1. The van der Waals surface area contributed by atoms with Crippen molar-refractivity contribution in [3.8, 4) is 5.95 Å². The second-order valence-corrected chi connectivity index (χ2v) is 3.33. The molecule has 0 bridgehead atoms. The molecule has 2 rings (SSSR count). The number of aromatic nitrogens is 4. The molecule has 2 heterocycles. The van der Waals surface area contributed by atoms with Crippen LogP contribution in [0.15, 0.2) is 18.5 Å². The summed E-state index contributed by atoms with van der Waals surface area (Å²) in [5, 5.41) is 3.29. The molecule has 0 aliphatic carbocycles. The van der Waals surface area contributed by atoms with Gasteiger partial charge in [0.15, 0.2) is 6.29 Å². The van der Waals surface area contributed by atoms with Gasteiger partial charge in [-0.3, -0.25) is 4.79 Å². The van der Waals surface area contributed by atoms with Crippen LogP contribution in [0.2, 0.25) is 5.15 Å². The van der Waals surface area contributed by atoms with Crippen molar-refractivity contribution in [2.75, 3.05) is 0 Å². The highest BCUT2D eigenvalue weighted by Gasteiger charge is 2.24. The Bertz CT molecular complexity index is 543. The molecular weight excluding hydrogens is 254 g/mol. The predicted molar refractivity (Wildman–Crippen MR) is 54.5 cm³/mol. The number of nitrogens with zero attached hydrogens (tertiary/aromatic N) is 4. The monoisotopic (exact) mass is 258 g/mol. The molecule has 0 saturated carbocycles. The van der Waals surface area contributed by atoms with Crippen LogP contribution in [0.5, 0.6) is 0 Å². The van der Waals surface area contributed by atoms with Crippen molar-refractivity contribution < 1.29 is 13.6 Å². The molecule has 0 aliphatic rings. The second kappa shape index (κ2) is 4.54. The van der Waals surface area contributed by atoms with Gasteiger partial charge in [-0.15, -0.1) is 0 Å². The van der Waals surface area contributed by atoms with Crippen molar-refractivity contribution in [2.24, 2.45) is 0 Å². The van der Waals surface area contributed by atoms with E-state index in [0.717, 1.165) is 4.68 Å². The molecule has 0 N–H and O–H groups in total. The van der Waals surface area contributed by atoms with Crippen molar-refractivity contribution in [3.63, 3.8) is 0 Å². The minimum Gasteiger partial charge on any atom is -0.298 e. The molecule has 0 radical (unpaired) electrons. The molecule has 0 unspecified atom stereocenters. The van der Waals surface area contributed by atoms with E-state index in [4.69, 9.17) is 11.6 Å². The maximum atomic E-state index is 12.6. The zero-order valence-electron chi connectivity index (χ0n) is 8.22. The summed E-state index contributed by atoms with van der Waals surface area (Å²) in [6, 6.07) is 1.55. The average Bonchev–Trinajstić information content (AvgIpc) is 2.67. The van der Waals surface area contributed by atoms with Gasteiger partial charge in [-0.1, -0.05) is 11.6 Å². The third-order valence-corrected chi connectivity index (χ3v) is 2.32. The van der Waals surface area contributed by atoms with E-state index in [1.807, 2.05) is 0 Å². The smallest absolute Gasteiger partial charge is 0.282 e. The number of rotatable bonds is 3. The van der Waals surface area contributed by atoms with Crippen LogP contribution in [0, 0.1) is 0 Å². The first-order chi connectivity index (χ1) is 8.15. The minimum absolute atomic E-state index is 0.0208. The molecule has 5 nitrogen and oxygen atoms in total. The molecule has 2 aromatic rings. The molecule has 0 atom stereocenters. The van der Waals surface area contributed by atoms with E-state index in [1.54, 1.807) is 6.07 Å². The van der Waals surface area contributed by atoms with Crippen molar-refractivity contribution in [3.05, 3.63) is 34.9 Å². The Balaban J connectivity index is 2.61. The van der Waals surface area contributed by atoms with Gasteiger partial charge < -0.3 is 0 Å². The lowest BCUT2D eigenvalue weighted by Crippen LogP contribution is -2.02. The van der Waals surface area contributed by atoms with Crippen molar-refractivity contribution >= 4 is 17.9 Å². The average molecular weight is 259 g/mol. The predicted octanol–water partition coefficient (Wildman–Crippen LogP) is 2.07. The van der Waals surface area contributed by atoms with E-state index in [0.29, 0.717) is 0 Å². The van der Waals surface area contributed by atoms with Gasteiger partial charge in [0.1, 0.15) is 10.8 Å². The molecular formula is C9H5ClF2N4O. The molecule has 0 amide bonds. The minimum atomic E-state index is -2.89. The van der Waals surface area contributed by atoms with Crippen LogP contribution in [0.1, 0.15) is 22.5 Å². The molecule has 8 heteroatoms. The van der Waals surface area contributed by atoms with Crippen LogP contribution in [0.3, 0.4) is 0 Å². The van der Waals surface area contributed by atoms with E-state index < -0.39 is 12.1 Å². The molecule has 0 aliphatic heterocycles. The van der Waals surface area contributed by atoms with Gasteiger partial charge in [0.05, 0.1) is 5.56 Å². The Labute approximate surface area is 99.1 Å². The SMILES string of the molecule is O=Cc1c(C(F)F)nn(-c2ncccn2)c1Cl. The fourth-order valence-corrected chi connectivity index (χ4v) is 1.48. The summed E-state index contributed by atoms with van der Waals surface area (Å²) in [4.78, 5) is 18.3. The van der Waals surface area contributed by atoms with Crippen LogP contribution in [-0.4, -0.2) is 26.0 Å². The first kappa shape index (κ1) is 11.6. The van der Waals surface area contributed by atoms with Crippen LogP contribution in [0.4, 0.5) is 8.78 Å². The van der Waals surface area contributed by atoms with Crippen LogP contribution < -0.4 is 0 Å². The highest BCUT2D eigenvalue weighted by Crippen LogP contribution is 2.27. The van der Waals surface area contributed by atoms with Gasteiger partial charge in [0.2, 0.25) is 0 Å². The number of carbonyl (C=O) groups excluding carboxylic acids is 1. The highest BCUT2D eigenvalue weighted by molar-refractivity contribution is 6.32. The standard InChI is InChI=1S/C9H5ClF2N4O/c10-7-5(4-17)6(8(11)12)15-16(7)9-13-2-1-3-14-9/h1-4,8H. The van der Waals surface area contributed by atoms with Gasteiger partial charge >= 0.3 is 0 Å². The van der Waals surface area contributed by atoms with Gasteiger partial charge in [-0.05, 0) is 6.07 Å². The topological polar surface area (TPSA) is 60.7 Å². The fourth-order valence-electron chi connectivity index (χ4n) is 1.23. The van der Waals surface area contributed by atoms with Gasteiger partial charge in [0.25, 0.3) is 12.4 Å². The number of halogens is 3. The van der Waals surface area contributed by atoms with Gasteiger partial charge in [-0.2, -0.15) is 9.78 Å². The van der Waals surface area contributed by atoms with Crippen molar-refractivity contribution in [2.45, 2.75) is 6.43 Å². The van der Waals surface area contributed by atoms with Gasteiger partial charge in [0, 0.05) is 12.4 Å². The van der Waals surface area contributed by atoms with Crippen LogP contribution in [0.25, 0.3) is 5.95 Å². The zero-order valence-corrected chi connectivity index (χ0v) is 8.97. The Kier molecular flexibility index (Phi) is 3.10. The third kappa shape index (κ3) is 2.01. The molecule has 88 valence electrons. The number of hydrogen-bond donors (Lipinski definition) is 0. The summed E-state index contributed by atoms with van der Waals surface area (Å²) in [6.07, 6.45) is 0.153. The first-order valence-electron chi connectivity index (χ1n) is 4.44. The van der Waals surface area contributed by atoms with E-state index in [1.165, 1.54) is 12.4 Å². The zero-order chi connectivity index (χ0) is 12.4. The molecule has 0 aromatic carbocycles. The fraction of sp³-hybridized carbons (Fsp3) is 0.111. The molecule has 0 saturated heterocycles. The quantitative estimate of drug-likeness (QED) is 0.791. The van der Waals surface area contributed by atoms with Crippen molar-refractivity contribution in [1.82, 2.24) is 19.7 Å². The van der Waals surface area contributed by atoms with E-state index >= 15 is 0 Å². The molecule has 0 fully saturated rings. The number of aldehydes is 1. The summed E-state index contributed by atoms with van der Waals surface area (Å²) in [5.41, 5.74) is -1.04. The summed E-state index contributed by atoms with van der Waals surface area (Å²) in [7, 11) is 0. The number of hydrogen-bond acceptors (Lipinski definition) is 4. The van der Waals surface area contributed by atoms with Gasteiger partial charge in [-0.25, -0.2) is 18.7 Å². The Hall–Kier alpha value is -1.89. The summed E-state index contributed by atoms with van der Waals surface area (Å²) in [5.74, 6) is 0.0208. The molecule has 0 spiro atoms. The number of alkyl halides is 2. The van der Waals surface area contributed by atoms with E-state index in [2.05, 4.69) is 15.1 Å². The maximum Gasteiger partial charge on any atom is 0.282 e. The maximum absolute atomic E-state index is 12.6. The third-order valence-electron chi connectivity index (χ3n) is 1.96. The van der Waals surface area contributed by atoms with Crippen molar-refractivity contribution in [1.29, 1.82) is 0 Å². The normalized spacial score (nSPS) is 10.8. The molecule has 17 heavy (non-hydrogen) atoms. The lowest BCUT2D eigenvalue weighted by Gasteiger charge is -1.98. The molecule has 2 aromatic heterocycles. The largest absolute Gasteiger partial charge is 0.298 e. The first-order valence-corrected chi connectivity index (χ1v) is 4.82. The summed E-state index contributed by atoms with van der Waals surface area (Å²) < 4.78 is 26.1. The Morgan fingerprint density at radius 1 is 1.35 bits per heavy atom. The lowest BCUT2D eigenvalue weighted by molar-refractivity contribution is 0.110. The Morgan fingerprint density at radius 3 is 2.47 bits per heavy atom. The van der Waals surface area contributed by atoms with E-state index in [9.17, 15) is 13.6 Å². The summed E-state index contributed by atoms with van der Waals surface area (Å²) >= 11 is 5.76. The van der Waals surface area contributed by atoms with Crippen LogP contribution >= 0.6 is 11.6 Å². The lowest BCUT2D eigenvalue weighted by atomic mass is 10.3. The van der Waals surface area contributed by atoms with E-state index in [-0.39, 0.29) is 23.0 Å². The van der Waals surface area contributed by atoms with Crippen LogP contribution in [-0.2, 0) is 0 Å². The highest BCUT2D eigenvalue weighted by atomic mass is 35.5.